The Morgan fingerprint density at radius 2 is 1.88 bits per heavy atom. The van der Waals surface area contributed by atoms with Gasteiger partial charge in [0, 0.05) is 27.8 Å². The molecule has 2 bridgehead atoms. The summed E-state index contributed by atoms with van der Waals surface area (Å²) in [6.07, 6.45) is 4.27. The number of halogens is 1. The maximum Gasteiger partial charge on any atom is 0.309 e. The van der Waals surface area contributed by atoms with E-state index in [1.54, 1.807) is 0 Å². The van der Waals surface area contributed by atoms with Gasteiger partial charge >= 0.3 is 5.97 Å². The zero-order valence-corrected chi connectivity index (χ0v) is 15.9. The second-order valence-electron chi connectivity index (χ2n) is 7.15. The van der Waals surface area contributed by atoms with Crippen molar-refractivity contribution in [3.8, 4) is 10.6 Å². The summed E-state index contributed by atoms with van der Waals surface area (Å²) in [6, 6.07) is 7.52. The molecule has 1 heterocycles. The summed E-state index contributed by atoms with van der Waals surface area (Å²) in [4.78, 5) is 29.1. The molecule has 4 rings (SSSR count). The van der Waals surface area contributed by atoms with Crippen molar-refractivity contribution in [3.63, 3.8) is 0 Å². The van der Waals surface area contributed by atoms with E-state index in [4.69, 9.17) is 16.3 Å². The normalized spacial score (nSPS) is 25.1. The summed E-state index contributed by atoms with van der Waals surface area (Å²) in [6.45, 7) is 0.183. The number of nitrogens with zero attached hydrogens (tertiary/aromatic N) is 1. The highest BCUT2D eigenvalue weighted by Gasteiger charge is 2.41. The monoisotopic (exact) mass is 389 g/mol. The molecule has 2 fully saturated rings. The average molecular weight is 390 g/mol. The number of thiazole rings is 1. The number of rotatable bonds is 4. The van der Waals surface area contributed by atoms with E-state index in [9.17, 15) is 9.59 Å². The van der Waals surface area contributed by atoms with E-state index < -0.39 is 0 Å². The zero-order valence-electron chi connectivity index (χ0n) is 14.3. The number of benzene rings is 1. The lowest BCUT2D eigenvalue weighted by atomic mass is 9.67. The standard InChI is InChI=1S/C20H20ClNO3S/c21-16-6-4-12(5-7-16)19-22-17(11-26-19)10-25-20(24)15-8-13-2-1-3-14(9-15)18(13)23/h4-7,11,13-15H,1-3,8-10H2/t13-,14-/m1/s1. The molecule has 6 heteroatoms. The number of hydrogen-bond acceptors (Lipinski definition) is 5. The van der Waals surface area contributed by atoms with E-state index >= 15 is 0 Å². The summed E-state index contributed by atoms with van der Waals surface area (Å²) in [7, 11) is 0. The minimum atomic E-state index is -0.185. The van der Waals surface area contributed by atoms with Crippen LogP contribution in [-0.2, 0) is 20.9 Å². The molecular weight excluding hydrogens is 370 g/mol. The minimum Gasteiger partial charge on any atom is -0.459 e. The SMILES string of the molecule is O=C(OCc1csc(-c2ccc(Cl)cc2)n1)C1C[C@H]2CCC[C@H](C1)C2=O. The van der Waals surface area contributed by atoms with Crippen molar-refractivity contribution in [3.05, 3.63) is 40.4 Å². The maximum atomic E-state index is 12.5. The number of Topliss-reactive ketones (excluding diaryl/α,β-unsaturated/α-hetero) is 1. The van der Waals surface area contributed by atoms with Gasteiger partial charge in [0.15, 0.2) is 0 Å². The Labute approximate surface area is 161 Å². The van der Waals surface area contributed by atoms with Gasteiger partial charge in [-0.25, -0.2) is 4.98 Å². The van der Waals surface area contributed by atoms with Crippen molar-refractivity contribution >= 4 is 34.7 Å². The Morgan fingerprint density at radius 3 is 2.58 bits per heavy atom. The number of ketones is 1. The highest BCUT2D eigenvalue weighted by molar-refractivity contribution is 7.13. The second-order valence-corrected chi connectivity index (χ2v) is 8.45. The number of hydrogen-bond donors (Lipinski definition) is 0. The minimum absolute atomic E-state index is 0.0656. The van der Waals surface area contributed by atoms with Crippen molar-refractivity contribution in [1.82, 2.24) is 4.98 Å². The number of aromatic nitrogens is 1. The molecule has 0 spiro atoms. The molecule has 0 saturated heterocycles. The molecule has 2 aromatic rings. The fraction of sp³-hybridized carbons (Fsp3) is 0.450. The van der Waals surface area contributed by atoms with Gasteiger partial charge in [0.2, 0.25) is 0 Å². The van der Waals surface area contributed by atoms with E-state index in [2.05, 4.69) is 4.98 Å². The van der Waals surface area contributed by atoms with Gasteiger partial charge in [0.25, 0.3) is 0 Å². The molecule has 0 amide bonds. The van der Waals surface area contributed by atoms with Gasteiger partial charge in [-0.1, -0.05) is 30.2 Å². The van der Waals surface area contributed by atoms with Crippen molar-refractivity contribution in [2.75, 3.05) is 0 Å². The first-order chi connectivity index (χ1) is 12.6. The Balaban J connectivity index is 1.35. The lowest BCUT2D eigenvalue weighted by Crippen LogP contribution is -2.39. The third-order valence-corrected chi connectivity index (χ3v) is 6.58. The van der Waals surface area contributed by atoms with Crippen LogP contribution in [0.5, 0.6) is 0 Å². The third-order valence-electron chi connectivity index (χ3n) is 5.39. The van der Waals surface area contributed by atoms with Crippen molar-refractivity contribution in [2.45, 2.75) is 38.7 Å². The van der Waals surface area contributed by atoms with E-state index in [0.29, 0.717) is 23.6 Å². The molecule has 0 radical (unpaired) electrons. The first-order valence-electron chi connectivity index (χ1n) is 9.01. The molecule has 4 nitrogen and oxygen atoms in total. The lowest BCUT2D eigenvalue weighted by molar-refractivity contribution is -0.154. The summed E-state index contributed by atoms with van der Waals surface area (Å²) < 4.78 is 5.51. The van der Waals surface area contributed by atoms with Gasteiger partial charge in [0.1, 0.15) is 17.4 Å². The van der Waals surface area contributed by atoms with Crippen molar-refractivity contribution in [1.29, 1.82) is 0 Å². The van der Waals surface area contributed by atoms with Crippen molar-refractivity contribution < 1.29 is 14.3 Å². The molecule has 2 aliphatic carbocycles. The molecule has 2 aliphatic rings. The molecule has 136 valence electrons. The van der Waals surface area contributed by atoms with Gasteiger partial charge in [-0.05, 0) is 37.8 Å². The number of esters is 1. The zero-order chi connectivity index (χ0) is 18.1. The fourth-order valence-corrected chi connectivity index (χ4v) is 4.97. The smallest absolute Gasteiger partial charge is 0.309 e. The van der Waals surface area contributed by atoms with Crippen LogP contribution in [0.25, 0.3) is 10.6 Å². The van der Waals surface area contributed by atoms with Crippen LogP contribution >= 0.6 is 22.9 Å². The van der Waals surface area contributed by atoms with Gasteiger partial charge in [-0.3, -0.25) is 9.59 Å². The third kappa shape index (κ3) is 3.69. The number of fused-ring (bicyclic) bond motifs is 2. The van der Waals surface area contributed by atoms with E-state index in [-0.39, 0.29) is 30.3 Å². The van der Waals surface area contributed by atoms with Gasteiger partial charge in [0.05, 0.1) is 11.6 Å². The molecule has 2 saturated carbocycles. The molecular formula is C20H20ClNO3S. The van der Waals surface area contributed by atoms with Crippen molar-refractivity contribution in [2.24, 2.45) is 17.8 Å². The first-order valence-corrected chi connectivity index (χ1v) is 10.3. The second kappa shape index (κ2) is 7.49. The van der Waals surface area contributed by atoms with E-state index in [0.717, 1.165) is 35.5 Å². The quantitative estimate of drug-likeness (QED) is 0.697. The van der Waals surface area contributed by atoms with E-state index in [1.807, 2.05) is 29.6 Å². The van der Waals surface area contributed by atoms with Crippen LogP contribution in [0.1, 0.15) is 37.8 Å². The van der Waals surface area contributed by atoms with Gasteiger partial charge < -0.3 is 4.74 Å². The van der Waals surface area contributed by atoms with Crippen LogP contribution in [0.4, 0.5) is 0 Å². The Kier molecular flexibility index (Phi) is 5.09. The number of carbonyl (C=O) groups excluding carboxylic acids is 2. The summed E-state index contributed by atoms with van der Waals surface area (Å²) in [5, 5.41) is 3.48. The molecule has 2 atom stereocenters. The van der Waals surface area contributed by atoms with Crippen LogP contribution in [0.3, 0.4) is 0 Å². The molecule has 0 aliphatic heterocycles. The first kappa shape index (κ1) is 17.7. The van der Waals surface area contributed by atoms with Gasteiger partial charge in [-0.15, -0.1) is 11.3 Å². The highest BCUT2D eigenvalue weighted by atomic mass is 35.5. The van der Waals surface area contributed by atoms with Crippen LogP contribution in [-0.4, -0.2) is 16.7 Å². The predicted octanol–water partition coefficient (Wildman–Crippen LogP) is 4.90. The maximum absolute atomic E-state index is 12.5. The summed E-state index contributed by atoms with van der Waals surface area (Å²) >= 11 is 7.43. The molecule has 1 aromatic carbocycles. The highest BCUT2D eigenvalue weighted by Crippen LogP contribution is 2.40. The largest absolute Gasteiger partial charge is 0.459 e. The Hall–Kier alpha value is -1.72. The van der Waals surface area contributed by atoms with Crippen LogP contribution < -0.4 is 0 Å². The molecule has 0 N–H and O–H groups in total. The Morgan fingerprint density at radius 1 is 1.19 bits per heavy atom. The number of ether oxygens (including phenoxy) is 1. The average Bonchev–Trinajstić information content (AvgIpc) is 3.09. The van der Waals surface area contributed by atoms with Crippen LogP contribution in [0.2, 0.25) is 5.02 Å². The summed E-state index contributed by atoms with van der Waals surface area (Å²) in [5.74, 6) is 0.173. The Bertz CT molecular complexity index is 801. The van der Waals surface area contributed by atoms with Gasteiger partial charge in [-0.2, -0.15) is 0 Å². The molecule has 26 heavy (non-hydrogen) atoms. The lowest BCUT2D eigenvalue weighted by Gasteiger charge is -2.36. The number of carbonyl (C=O) groups is 2. The predicted molar refractivity (Wildman–Crippen MR) is 101 cm³/mol. The molecule has 0 unspecified atom stereocenters. The van der Waals surface area contributed by atoms with E-state index in [1.165, 1.54) is 11.3 Å². The topological polar surface area (TPSA) is 56.3 Å². The molecule has 1 aromatic heterocycles. The van der Waals surface area contributed by atoms with Crippen LogP contribution in [0.15, 0.2) is 29.6 Å². The van der Waals surface area contributed by atoms with Crippen LogP contribution in [0, 0.1) is 17.8 Å². The summed E-state index contributed by atoms with van der Waals surface area (Å²) in [5.41, 5.74) is 1.75. The fourth-order valence-electron chi connectivity index (χ4n) is 4.03.